The van der Waals surface area contributed by atoms with Gasteiger partial charge in [-0.05, 0) is 73.9 Å². The van der Waals surface area contributed by atoms with Crippen LogP contribution in [-0.4, -0.2) is 16.0 Å². The van der Waals surface area contributed by atoms with E-state index in [4.69, 9.17) is 0 Å². The molecule has 0 radical (unpaired) electrons. The highest BCUT2D eigenvalue weighted by atomic mass is 16.3. The standard InChI is InChI=1S/C33H50O3/c1-5-7-9-11-13-15-17-19-27-21-25(3)23-29(31(27)34)33(36)30-24-26(4)22-28(32(30)35)20-18-16-14-12-10-8-6-2/h21-24,34-35H,5-20H2,1-4H3. The van der Waals surface area contributed by atoms with Crippen LogP contribution >= 0.6 is 0 Å². The summed E-state index contributed by atoms with van der Waals surface area (Å²) in [6.45, 7) is 8.39. The lowest BCUT2D eigenvalue weighted by Crippen LogP contribution is -2.06. The summed E-state index contributed by atoms with van der Waals surface area (Å²) < 4.78 is 0. The Morgan fingerprint density at radius 2 is 0.889 bits per heavy atom. The second-order valence-electron chi connectivity index (χ2n) is 10.7. The highest BCUT2D eigenvalue weighted by Crippen LogP contribution is 2.33. The molecule has 0 heterocycles. The zero-order valence-electron chi connectivity index (χ0n) is 23.4. The molecule has 0 aliphatic carbocycles. The molecule has 2 aromatic carbocycles. The van der Waals surface area contributed by atoms with Gasteiger partial charge in [0.05, 0.1) is 11.1 Å². The maximum atomic E-state index is 13.5. The Kier molecular flexibility index (Phi) is 13.7. The fourth-order valence-electron chi connectivity index (χ4n) is 5.13. The molecule has 2 aromatic rings. The van der Waals surface area contributed by atoms with Crippen LogP contribution in [0.1, 0.15) is 142 Å². The number of rotatable bonds is 18. The van der Waals surface area contributed by atoms with Gasteiger partial charge in [-0.1, -0.05) is 103 Å². The number of hydrogen-bond donors (Lipinski definition) is 2. The van der Waals surface area contributed by atoms with Gasteiger partial charge in [0.1, 0.15) is 11.5 Å². The predicted molar refractivity (Wildman–Crippen MR) is 153 cm³/mol. The molecule has 0 aliphatic heterocycles. The second-order valence-corrected chi connectivity index (χ2v) is 10.7. The van der Waals surface area contributed by atoms with Gasteiger partial charge in [-0.25, -0.2) is 0 Å². The van der Waals surface area contributed by atoms with E-state index in [9.17, 15) is 15.0 Å². The van der Waals surface area contributed by atoms with Crippen molar-refractivity contribution in [2.45, 2.75) is 130 Å². The third-order valence-electron chi connectivity index (χ3n) is 7.25. The molecule has 0 unspecified atom stereocenters. The summed E-state index contributed by atoms with van der Waals surface area (Å²) in [5.74, 6) is -0.142. The monoisotopic (exact) mass is 494 g/mol. The number of unbranched alkanes of at least 4 members (excludes halogenated alkanes) is 12. The molecule has 3 nitrogen and oxygen atoms in total. The van der Waals surface area contributed by atoms with E-state index in [1.165, 1.54) is 64.2 Å². The van der Waals surface area contributed by atoms with E-state index in [1.54, 1.807) is 12.1 Å². The predicted octanol–water partition coefficient (Wildman–Crippen LogP) is 9.53. The van der Waals surface area contributed by atoms with Crippen molar-refractivity contribution in [2.24, 2.45) is 0 Å². The summed E-state index contributed by atoms with van der Waals surface area (Å²) in [4.78, 5) is 13.5. The van der Waals surface area contributed by atoms with E-state index < -0.39 is 0 Å². The second kappa shape index (κ2) is 16.5. The molecule has 0 atom stereocenters. The number of phenols is 2. The Balaban J connectivity index is 2.07. The number of phenolic OH excluding ortho intramolecular Hbond substituents is 2. The van der Waals surface area contributed by atoms with Crippen molar-refractivity contribution >= 4 is 5.78 Å². The number of benzene rings is 2. The van der Waals surface area contributed by atoms with Crippen molar-refractivity contribution in [3.63, 3.8) is 0 Å². The molecule has 200 valence electrons. The average molecular weight is 495 g/mol. The molecule has 2 N–H and O–H groups in total. The minimum Gasteiger partial charge on any atom is -0.507 e. The van der Waals surface area contributed by atoms with Gasteiger partial charge >= 0.3 is 0 Å². The highest BCUT2D eigenvalue weighted by molar-refractivity contribution is 6.12. The first-order chi connectivity index (χ1) is 17.4. The van der Waals surface area contributed by atoms with Gasteiger partial charge in [0.15, 0.2) is 0 Å². The first kappa shape index (κ1) is 29.9. The Labute approximate surface area is 220 Å². The van der Waals surface area contributed by atoms with Crippen LogP contribution in [0.2, 0.25) is 0 Å². The van der Waals surface area contributed by atoms with Crippen LogP contribution in [0.5, 0.6) is 11.5 Å². The third-order valence-corrected chi connectivity index (χ3v) is 7.25. The Morgan fingerprint density at radius 3 is 1.25 bits per heavy atom. The van der Waals surface area contributed by atoms with Crippen molar-refractivity contribution in [1.82, 2.24) is 0 Å². The summed E-state index contributed by atoms with van der Waals surface area (Å²) in [7, 11) is 0. The van der Waals surface area contributed by atoms with Crippen molar-refractivity contribution in [3.05, 3.63) is 57.6 Å². The van der Waals surface area contributed by atoms with E-state index in [0.717, 1.165) is 60.8 Å². The third kappa shape index (κ3) is 9.64. The summed E-state index contributed by atoms with van der Waals surface area (Å²) >= 11 is 0. The summed E-state index contributed by atoms with van der Waals surface area (Å²) in [6.07, 6.45) is 18.5. The minimum atomic E-state index is -0.293. The fraction of sp³-hybridized carbons (Fsp3) is 0.606. The Bertz CT molecular complexity index is 869. The molecule has 0 fully saturated rings. The molecule has 0 saturated carbocycles. The normalized spacial score (nSPS) is 11.2. The molecule has 2 rings (SSSR count). The molecule has 3 heteroatoms. The molecular formula is C33H50O3. The van der Waals surface area contributed by atoms with Gasteiger partial charge in [-0.15, -0.1) is 0 Å². The Hall–Kier alpha value is -2.29. The number of carbonyl (C=O) groups is 1. The zero-order valence-corrected chi connectivity index (χ0v) is 23.4. The van der Waals surface area contributed by atoms with E-state index in [-0.39, 0.29) is 17.3 Å². The van der Waals surface area contributed by atoms with Crippen LogP contribution in [0.3, 0.4) is 0 Å². The van der Waals surface area contributed by atoms with Gasteiger partial charge in [-0.2, -0.15) is 0 Å². The molecular weight excluding hydrogens is 444 g/mol. The molecule has 0 aromatic heterocycles. The number of ketones is 1. The largest absolute Gasteiger partial charge is 0.507 e. The van der Waals surface area contributed by atoms with Gasteiger partial charge in [0.2, 0.25) is 5.78 Å². The quantitative estimate of drug-likeness (QED) is 0.160. The van der Waals surface area contributed by atoms with Crippen molar-refractivity contribution in [3.8, 4) is 11.5 Å². The summed E-state index contributed by atoms with van der Waals surface area (Å²) in [5.41, 5.74) is 4.20. The number of aryl methyl sites for hydroxylation is 4. The first-order valence-electron chi connectivity index (χ1n) is 14.6. The molecule has 0 saturated heterocycles. The van der Waals surface area contributed by atoms with E-state index in [0.29, 0.717) is 11.1 Å². The SMILES string of the molecule is CCCCCCCCCc1cc(C)cc(C(=O)c2cc(C)cc(CCCCCCCCC)c2O)c1O. The Morgan fingerprint density at radius 1 is 0.556 bits per heavy atom. The number of carbonyl (C=O) groups excluding carboxylic acids is 1. The summed E-state index contributed by atoms with van der Waals surface area (Å²) in [6, 6.07) is 7.49. The van der Waals surface area contributed by atoms with Gasteiger partial charge in [-0.3, -0.25) is 4.79 Å². The fourth-order valence-corrected chi connectivity index (χ4v) is 5.13. The summed E-state index contributed by atoms with van der Waals surface area (Å²) in [5, 5.41) is 22.0. The van der Waals surface area contributed by atoms with Crippen LogP contribution in [-0.2, 0) is 12.8 Å². The highest BCUT2D eigenvalue weighted by Gasteiger charge is 2.22. The smallest absolute Gasteiger partial charge is 0.200 e. The van der Waals surface area contributed by atoms with Crippen molar-refractivity contribution in [1.29, 1.82) is 0 Å². The van der Waals surface area contributed by atoms with E-state index in [1.807, 2.05) is 26.0 Å². The lowest BCUT2D eigenvalue weighted by Gasteiger charge is -2.14. The van der Waals surface area contributed by atoms with E-state index in [2.05, 4.69) is 13.8 Å². The number of aromatic hydroxyl groups is 2. The minimum absolute atomic E-state index is 0.0751. The zero-order chi connectivity index (χ0) is 26.3. The number of hydrogen-bond acceptors (Lipinski definition) is 3. The molecule has 0 spiro atoms. The van der Waals surface area contributed by atoms with Gasteiger partial charge in [0.25, 0.3) is 0 Å². The average Bonchev–Trinajstić information content (AvgIpc) is 2.86. The molecule has 0 bridgehead atoms. The van der Waals surface area contributed by atoms with E-state index >= 15 is 0 Å². The topological polar surface area (TPSA) is 57.5 Å². The van der Waals surface area contributed by atoms with Crippen molar-refractivity contribution < 1.29 is 15.0 Å². The first-order valence-corrected chi connectivity index (χ1v) is 14.6. The van der Waals surface area contributed by atoms with Gasteiger partial charge in [0, 0.05) is 0 Å². The van der Waals surface area contributed by atoms with Crippen molar-refractivity contribution in [2.75, 3.05) is 0 Å². The maximum absolute atomic E-state index is 13.5. The van der Waals surface area contributed by atoms with Crippen LogP contribution in [0.4, 0.5) is 0 Å². The van der Waals surface area contributed by atoms with Crippen LogP contribution in [0.15, 0.2) is 24.3 Å². The van der Waals surface area contributed by atoms with Crippen LogP contribution in [0.25, 0.3) is 0 Å². The molecule has 36 heavy (non-hydrogen) atoms. The molecule has 0 amide bonds. The lowest BCUT2D eigenvalue weighted by molar-refractivity contribution is 0.103. The molecule has 0 aliphatic rings. The van der Waals surface area contributed by atoms with Crippen LogP contribution < -0.4 is 0 Å². The van der Waals surface area contributed by atoms with Crippen LogP contribution in [0, 0.1) is 13.8 Å². The lowest BCUT2D eigenvalue weighted by atomic mass is 9.92. The maximum Gasteiger partial charge on any atom is 0.200 e. The van der Waals surface area contributed by atoms with Gasteiger partial charge < -0.3 is 10.2 Å².